The zero-order valence-electron chi connectivity index (χ0n) is 25.5. The molecule has 4 heterocycles. The number of hydrogen-bond donors (Lipinski definition) is 1. The van der Waals surface area contributed by atoms with Gasteiger partial charge in [-0.1, -0.05) is 0 Å². The third kappa shape index (κ3) is 5.63. The van der Waals surface area contributed by atoms with Crippen molar-refractivity contribution in [3.8, 4) is 11.1 Å². The predicted molar refractivity (Wildman–Crippen MR) is 164 cm³/mol. The number of nitrogens with one attached hydrogen (secondary N) is 1. The molecule has 2 aliphatic heterocycles. The summed E-state index contributed by atoms with van der Waals surface area (Å²) in [5.74, 6) is -2.12. The molecule has 1 N–H and O–H groups in total. The van der Waals surface area contributed by atoms with E-state index in [4.69, 9.17) is 9.84 Å². The van der Waals surface area contributed by atoms with Crippen molar-refractivity contribution in [2.75, 3.05) is 56.7 Å². The summed E-state index contributed by atoms with van der Waals surface area (Å²) in [6.45, 7) is 12.0. The van der Waals surface area contributed by atoms with Gasteiger partial charge in [-0.25, -0.2) is 9.07 Å². The highest BCUT2D eigenvalue weighted by atomic mass is 19.1. The number of anilines is 2. The highest BCUT2D eigenvalue weighted by molar-refractivity contribution is 6.05. The fourth-order valence-electron chi connectivity index (χ4n) is 6.21. The monoisotopic (exact) mass is 591 g/mol. The van der Waals surface area contributed by atoms with Gasteiger partial charge in [0.15, 0.2) is 0 Å². The number of morpholine rings is 1. The molecule has 6 rings (SSSR count). The van der Waals surface area contributed by atoms with Gasteiger partial charge in [0.25, 0.3) is 5.91 Å². The second-order valence-corrected chi connectivity index (χ2v) is 12.7. The molecule has 0 unspecified atom stereocenters. The predicted octanol–water partition coefficient (Wildman–Crippen LogP) is 5.60. The lowest BCUT2D eigenvalue weighted by atomic mass is 9.97. The summed E-state index contributed by atoms with van der Waals surface area (Å²) < 4.78 is 39.2. The van der Waals surface area contributed by atoms with Gasteiger partial charge in [0, 0.05) is 25.0 Å². The fraction of sp³-hybridized carbons (Fsp3) is 0.469. The number of likely N-dealkylation sites (N-methyl/N-ethyl adjacent to an activating group) is 1. The Kier molecular flexibility index (Phi) is 7.72. The summed E-state index contributed by atoms with van der Waals surface area (Å²) in [5.41, 5.74) is 3.60. The Hall–Kier alpha value is -3.83. The maximum atomic E-state index is 15.2. The van der Waals surface area contributed by atoms with Crippen LogP contribution in [0.3, 0.4) is 0 Å². The van der Waals surface area contributed by atoms with Crippen LogP contribution in [0.15, 0.2) is 36.7 Å². The molecule has 2 saturated heterocycles. The van der Waals surface area contributed by atoms with Gasteiger partial charge in [0.1, 0.15) is 11.4 Å². The van der Waals surface area contributed by atoms with E-state index in [0.717, 1.165) is 77.0 Å². The summed E-state index contributed by atoms with van der Waals surface area (Å²) in [7, 11) is 2.15. The molecule has 1 atom stereocenters. The van der Waals surface area contributed by atoms with E-state index in [1.807, 2.05) is 13.1 Å². The average Bonchev–Trinajstić information content (AvgIpc) is 3.58. The Balaban J connectivity index is 1.40. The van der Waals surface area contributed by atoms with Crippen molar-refractivity contribution >= 4 is 28.2 Å². The molecule has 0 spiro atoms. The zero-order valence-corrected chi connectivity index (χ0v) is 25.5. The van der Waals surface area contributed by atoms with Crippen LogP contribution < -0.4 is 10.2 Å². The number of likely N-dealkylation sites (tertiary alicyclic amines) is 1. The SMILES string of the molecule is Cc1cc(F)c(NC(=O)c2cnn(C(C)(C)C)c2F)cc1-c1cc(N2CCOCC2)c2c(cnn2[C@H]2CCCN(C)C2)c1. The minimum absolute atomic E-state index is 0.0255. The van der Waals surface area contributed by atoms with Gasteiger partial charge in [-0.05, 0) is 95.1 Å². The van der Waals surface area contributed by atoms with Gasteiger partial charge in [0.2, 0.25) is 5.95 Å². The molecule has 2 fully saturated rings. The van der Waals surface area contributed by atoms with Crippen molar-refractivity contribution < 1.29 is 18.3 Å². The van der Waals surface area contributed by atoms with E-state index in [1.54, 1.807) is 26.8 Å². The molecule has 0 bridgehead atoms. The number of halogens is 2. The van der Waals surface area contributed by atoms with E-state index in [1.165, 1.54) is 12.3 Å². The Bertz CT molecular complexity index is 1670. The Labute approximate surface area is 250 Å². The third-order valence-corrected chi connectivity index (χ3v) is 8.43. The quantitative estimate of drug-likeness (QED) is 0.326. The molecule has 228 valence electrons. The smallest absolute Gasteiger partial charge is 0.262 e. The number of hydrogen-bond acceptors (Lipinski definition) is 6. The standard InChI is InChI=1S/C32H39F2N7O2/c1-20-13-26(33)27(37-31(42)25-18-36-41(30(25)34)32(2,3)4)16-24(20)21-14-22-17-35-40(23-7-6-8-38(5)19-23)29(22)28(15-21)39-9-11-43-12-10-39/h13-18,23H,6-12,19H2,1-5H3,(H,37,42)/t23-/m0/s1. The highest BCUT2D eigenvalue weighted by Crippen LogP contribution is 2.38. The number of nitrogens with zero attached hydrogens (tertiary/aromatic N) is 6. The molecule has 9 nitrogen and oxygen atoms in total. The molecular formula is C32H39F2N7O2. The van der Waals surface area contributed by atoms with Crippen molar-refractivity contribution in [3.63, 3.8) is 0 Å². The fourth-order valence-corrected chi connectivity index (χ4v) is 6.21. The lowest BCUT2D eigenvalue weighted by molar-refractivity contribution is 0.102. The molecule has 0 aliphatic carbocycles. The van der Waals surface area contributed by atoms with Crippen molar-refractivity contribution in [3.05, 3.63) is 59.6 Å². The molecular weight excluding hydrogens is 552 g/mol. The number of piperidine rings is 1. The van der Waals surface area contributed by atoms with Crippen molar-refractivity contribution in [1.29, 1.82) is 0 Å². The number of carbonyl (C=O) groups excluding carboxylic acids is 1. The van der Waals surface area contributed by atoms with Gasteiger partial charge in [-0.3, -0.25) is 9.48 Å². The van der Waals surface area contributed by atoms with Crippen LogP contribution >= 0.6 is 0 Å². The van der Waals surface area contributed by atoms with Crippen LogP contribution in [0.1, 0.15) is 55.6 Å². The first-order valence-corrected chi connectivity index (χ1v) is 14.9. The first-order chi connectivity index (χ1) is 20.5. The van der Waals surface area contributed by atoms with Crippen LogP contribution in [0.5, 0.6) is 0 Å². The maximum Gasteiger partial charge on any atom is 0.262 e. The topological polar surface area (TPSA) is 80.5 Å². The van der Waals surface area contributed by atoms with Crippen molar-refractivity contribution in [2.24, 2.45) is 0 Å². The molecule has 11 heteroatoms. The Morgan fingerprint density at radius 2 is 1.81 bits per heavy atom. The molecule has 2 aromatic heterocycles. The number of fused-ring (bicyclic) bond motifs is 1. The van der Waals surface area contributed by atoms with Gasteiger partial charge >= 0.3 is 0 Å². The highest BCUT2D eigenvalue weighted by Gasteiger charge is 2.27. The van der Waals surface area contributed by atoms with Gasteiger partial charge in [-0.15, -0.1) is 0 Å². The van der Waals surface area contributed by atoms with Crippen molar-refractivity contribution in [2.45, 2.75) is 52.1 Å². The number of amides is 1. The number of rotatable bonds is 5. The number of aromatic nitrogens is 4. The largest absolute Gasteiger partial charge is 0.378 e. The van der Waals surface area contributed by atoms with Crippen LogP contribution in [-0.4, -0.2) is 76.8 Å². The maximum absolute atomic E-state index is 15.2. The summed E-state index contributed by atoms with van der Waals surface area (Å²) in [6, 6.07) is 7.52. The third-order valence-electron chi connectivity index (χ3n) is 8.43. The summed E-state index contributed by atoms with van der Waals surface area (Å²) in [5, 5.41) is 12.5. The van der Waals surface area contributed by atoms with Crippen LogP contribution in [-0.2, 0) is 10.3 Å². The van der Waals surface area contributed by atoms with Crippen LogP contribution in [0, 0.1) is 18.7 Å². The van der Waals surface area contributed by atoms with Crippen LogP contribution in [0.2, 0.25) is 0 Å². The van der Waals surface area contributed by atoms with E-state index >= 15 is 8.78 Å². The molecule has 4 aromatic rings. The minimum Gasteiger partial charge on any atom is -0.378 e. The minimum atomic E-state index is -0.764. The number of ether oxygens (including phenoxy) is 1. The normalized spacial score (nSPS) is 18.4. The molecule has 0 saturated carbocycles. The second-order valence-electron chi connectivity index (χ2n) is 12.7. The van der Waals surface area contributed by atoms with E-state index < -0.39 is 23.2 Å². The molecule has 2 aliphatic rings. The lowest BCUT2D eigenvalue weighted by Crippen LogP contribution is -2.37. The van der Waals surface area contributed by atoms with Crippen LogP contribution in [0.25, 0.3) is 22.0 Å². The Morgan fingerprint density at radius 1 is 1.05 bits per heavy atom. The zero-order chi connectivity index (χ0) is 30.5. The first-order valence-electron chi connectivity index (χ1n) is 14.9. The molecule has 2 aromatic carbocycles. The second kappa shape index (κ2) is 11.3. The number of aryl methyl sites for hydroxylation is 1. The molecule has 43 heavy (non-hydrogen) atoms. The number of benzene rings is 2. The Morgan fingerprint density at radius 3 is 2.51 bits per heavy atom. The van der Waals surface area contributed by atoms with E-state index in [0.29, 0.717) is 13.2 Å². The summed E-state index contributed by atoms with van der Waals surface area (Å²) >= 11 is 0. The first kappa shape index (κ1) is 29.3. The molecule has 0 radical (unpaired) electrons. The lowest BCUT2D eigenvalue weighted by Gasteiger charge is -2.33. The van der Waals surface area contributed by atoms with E-state index in [9.17, 15) is 4.79 Å². The summed E-state index contributed by atoms with van der Waals surface area (Å²) in [4.78, 5) is 17.7. The van der Waals surface area contributed by atoms with Gasteiger partial charge in [-0.2, -0.15) is 14.6 Å². The summed E-state index contributed by atoms with van der Waals surface area (Å²) in [6.07, 6.45) is 5.28. The van der Waals surface area contributed by atoms with Gasteiger partial charge < -0.3 is 19.9 Å². The van der Waals surface area contributed by atoms with E-state index in [2.05, 4.69) is 44.1 Å². The van der Waals surface area contributed by atoms with E-state index in [-0.39, 0.29) is 17.3 Å². The molecule has 1 amide bonds. The van der Waals surface area contributed by atoms with Gasteiger partial charge in [0.05, 0.1) is 54.1 Å². The van der Waals surface area contributed by atoms with Crippen LogP contribution in [0.4, 0.5) is 20.2 Å². The number of carbonyl (C=O) groups is 1. The van der Waals surface area contributed by atoms with Crippen molar-refractivity contribution in [1.82, 2.24) is 24.5 Å². The average molecular weight is 592 g/mol.